The van der Waals surface area contributed by atoms with Crippen LogP contribution in [0.3, 0.4) is 0 Å². The Morgan fingerprint density at radius 2 is 2.27 bits per heavy atom. The minimum atomic E-state index is -0.854. The highest BCUT2D eigenvalue weighted by Crippen LogP contribution is 2.23. The summed E-state index contributed by atoms with van der Waals surface area (Å²) in [6.07, 6.45) is 2.07. The van der Waals surface area contributed by atoms with Crippen LogP contribution in [-0.4, -0.2) is 47.0 Å². The Labute approximate surface area is 94.0 Å². The fraction of sp³-hybridized carbons (Fsp3) is 0.800. The zero-order valence-electron chi connectivity index (χ0n) is 8.94. The van der Waals surface area contributed by atoms with E-state index in [0.29, 0.717) is 6.54 Å². The van der Waals surface area contributed by atoms with Crippen molar-refractivity contribution >= 4 is 23.6 Å². The van der Waals surface area contributed by atoms with Gasteiger partial charge in [-0.3, -0.25) is 9.59 Å². The van der Waals surface area contributed by atoms with E-state index in [9.17, 15) is 9.59 Å². The minimum Gasteiger partial charge on any atom is -0.481 e. The van der Waals surface area contributed by atoms with E-state index in [4.69, 9.17) is 5.11 Å². The highest BCUT2D eigenvalue weighted by atomic mass is 32.2. The van der Waals surface area contributed by atoms with Crippen LogP contribution in [0.4, 0.5) is 0 Å². The summed E-state index contributed by atoms with van der Waals surface area (Å²) in [7, 11) is 1.69. The molecule has 1 unspecified atom stereocenters. The number of carboxylic acid groups (broad SMARTS) is 1. The van der Waals surface area contributed by atoms with Crippen molar-refractivity contribution < 1.29 is 14.7 Å². The minimum absolute atomic E-state index is 0.0299. The van der Waals surface area contributed by atoms with E-state index in [1.807, 2.05) is 11.8 Å². The molecule has 4 nitrogen and oxygen atoms in total. The lowest BCUT2D eigenvalue weighted by molar-refractivity contribution is -0.139. The molecule has 0 aromatic carbocycles. The summed E-state index contributed by atoms with van der Waals surface area (Å²) in [4.78, 5) is 23.7. The van der Waals surface area contributed by atoms with Crippen LogP contribution < -0.4 is 0 Å². The molecular weight excluding hydrogens is 214 g/mol. The third kappa shape index (κ3) is 4.11. The highest BCUT2D eigenvalue weighted by molar-refractivity contribution is 7.99. The number of carbonyl (C=O) groups excluding carboxylic acids is 1. The fourth-order valence-electron chi connectivity index (χ4n) is 1.62. The molecule has 15 heavy (non-hydrogen) atoms. The summed E-state index contributed by atoms with van der Waals surface area (Å²) in [5.74, 6) is 1.37. The summed E-state index contributed by atoms with van der Waals surface area (Å²) < 4.78 is 0. The molecule has 0 radical (unpaired) electrons. The van der Waals surface area contributed by atoms with Crippen LogP contribution in [-0.2, 0) is 9.59 Å². The fourth-order valence-corrected chi connectivity index (χ4v) is 2.75. The van der Waals surface area contributed by atoms with Gasteiger partial charge in [-0.2, -0.15) is 11.8 Å². The number of carbonyl (C=O) groups is 2. The first-order valence-electron chi connectivity index (χ1n) is 5.15. The van der Waals surface area contributed by atoms with Gasteiger partial charge in [-0.05, 0) is 18.6 Å². The highest BCUT2D eigenvalue weighted by Gasteiger charge is 2.24. The lowest BCUT2D eigenvalue weighted by atomic mass is 10.0. The normalized spacial score (nSPS) is 21.0. The van der Waals surface area contributed by atoms with Crippen molar-refractivity contribution in [1.82, 2.24) is 4.90 Å². The maximum absolute atomic E-state index is 11.8. The standard InChI is InChI=1S/C10H17NO3S/c1-11(5-4-9(12)13)10(14)8-3-2-6-15-7-8/h8H,2-7H2,1H3,(H,12,13). The van der Waals surface area contributed by atoms with Gasteiger partial charge in [0, 0.05) is 25.3 Å². The van der Waals surface area contributed by atoms with Gasteiger partial charge in [0.1, 0.15) is 0 Å². The molecule has 0 spiro atoms. The average Bonchev–Trinajstić information content (AvgIpc) is 2.26. The Kier molecular flexibility index (Phi) is 4.94. The SMILES string of the molecule is CN(CCC(=O)O)C(=O)C1CCCSC1. The summed E-state index contributed by atoms with van der Waals surface area (Å²) in [6.45, 7) is 0.315. The van der Waals surface area contributed by atoms with Crippen molar-refractivity contribution in [3.8, 4) is 0 Å². The molecule has 0 aromatic heterocycles. The monoisotopic (exact) mass is 231 g/mol. The first-order chi connectivity index (χ1) is 7.11. The van der Waals surface area contributed by atoms with Gasteiger partial charge in [0.2, 0.25) is 5.91 Å². The first kappa shape index (κ1) is 12.4. The van der Waals surface area contributed by atoms with Crippen LogP contribution in [0, 0.1) is 5.92 Å². The second kappa shape index (κ2) is 6.00. The quantitative estimate of drug-likeness (QED) is 0.786. The second-order valence-electron chi connectivity index (χ2n) is 3.82. The maximum Gasteiger partial charge on any atom is 0.305 e. The third-order valence-electron chi connectivity index (χ3n) is 2.55. The number of rotatable bonds is 4. The lowest BCUT2D eigenvalue weighted by Gasteiger charge is -2.25. The number of nitrogens with zero attached hydrogens (tertiary/aromatic N) is 1. The number of thioether (sulfide) groups is 1. The Bertz CT molecular complexity index is 239. The third-order valence-corrected chi connectivity index (χ3v) is 3.76. The zero-order valence-corrected chi connectivity index (χ0v) is 9.76. The molecule has 1 saturated heterocycles. The topological polar surface area (TPSA) is 57.6 Å². The van der Waals surface area contributed by atoms with E-state index in [2.05, 4.69) is 0 Å². The van der Waals surface area contributed by atoms with Gasteiger partial charge in [0.15, 0.2) is 0 Å². The summed E-state index contributed by atoms with van der Waals surface area (Å²) >= 11 is 1.81. The Hall–Kier alpha value is -0.710. The zero-order chi connectivity index (χ0) is 11.3. The molecular formula is C10H17NO3S. The van der Waals surface area contributed by atoms with Crippen molar-refractivity contribution in [2.45, 2.75) is 19.3 Å². The predicted octanol–water partition coefficient (Wildman–Crippen LogP) is 1.06. The van der Waals surface area contributed by atoms with E-state index >= 15 is 0 Å². The molecule has 1 heterocycles. The van der Waals surface area contributed by atoms with Crippen LogP contribution >= 0.6 is 11.8 Å². The molecule has 0 aliphatic carbocycles. The van der Waals surface area contributed by atoms with E-state index < -0.39 is 5.97 Å². The number of amides is 1. The van der Waals surface area contributed by atoms with Gasteiger partial charge in [-0.15, -0.1) is 0 Å². The van der Waals surface area contributed by atoms with Crippen LogP contribution in [0.5, 0.6) is 0 Å². The molecule has 1 rings (SSSR count). The van der Waals surface area contributed by atoms with Crippen LogP contribution in [0.2, 0.25) is 0 Å². The number of hydrogen-bond acceptors (Lipinski definition) is 3. The molecule has 1 N–H and O–H groups in total. The van der Waals surface area contributed by atoms with Crippen molar-refractivity contribution in [3.05, 3.63) is 0 Å². The van der Waals surface area contributed by atoms with E-state index in [-0.39, 0.29) is 18.2 Å². The largest absolute Gasteiger partial charge is 0.481 e. The lowest BCUT2D eigenvalue weighted by Crippen LogP contribution is -2.36. The molecule has 1 aliphatic heterocycles. The van der Waals surface area contributed by atoms with E-state index in [1.165, 1.54) is 0 Å². The van der Waals surface area contributed by atoms with Gasteiger partial charge in [-0.25, -0.2) is 0 Å². The molecule has 1 aliphatic rings. The molecule has 0 aromatic rings. The van der Waals surface area contributed by atoms with Crippen molar-refractivity contribution in [3.63, 3.8) is 0 Å². The molecule has 5 heteroatoms. The summed E-state index contributed by atoms with van der Waals surface area (Å²) in [5.41, 5.74) is 0. The maximum atomic E-state index is 11.8. The van der Waals surface area contributed by atoms with Crippen LogP contribution in [0.15, 0.2) is 0 Å². The van der Waals surface area contributed by atoms with Gasteiger partial charge < -0.3 is 10.0 Å². The van der Waals surface area contributed by atoms with Gasteiger partial charge in [0.25, 0.3) is 0 Å². The average molecular weight is 231 g/mol. The van der Waals surface area contributed by atoms with Gasteiger partial charge >= 0.3 is 5.97 Å². The van der Waals surface area contributed by atoms with Gasteiger partial charge in [0.05, 0.1) is 6.42 Å². The molecule has 1 atom stereocenters. The second-order valence-corrected chi connectivity index (χ2v) is 4.97. The first-order valence-corrected chi connectivity index (χ1v) is 6.31. The van der Waals surface area contributed by atoms with Crippen molar-refractivity contribution in [2.24, 2.45) is 5.92 Å². The van der Waals surface area contributed by atoms with E-state index in [1.54, 1.807) is 11.9 Å². The number of carboxylic acids is 1. The van der Waals surface area contributed by atoms with Crippen LogP contribution in [0.25, 0.3) is 0 Å². The van der Waals surface area contributed by atoms with Crippen LogP contribution in [0.1, 0.15) is 19.3 Å². The Morgan fingerprint density at radius 3 is 2.80 bits per heavy atom. The predicted molar refractivity (Wildman–Crippen MR) is 59.9 cm³/mol. The molecule has 1 fully saturated rings. The summed E-state index contributed by atoms with van der Waals surface area (Å²) in [5, 5.41) is 8.51. The van der Waals surface area contributed by atoms with E-state index in [0.717, 1.165) is 24.3 Å². The molecule has 86 valence electrons. The molecule has 1 amide bonds. The number of hydrogen-bond donors (Lipinski definition) is 1. The smallest absolute Gasteiger partial charge is 0.305 e. The Morgan fingerprint density at radius 1 is 1.53 bits per heavy atom. The molecule has 0 bridgehead atoms. The van der Waals surface area contributed by atoms with Crippen molar-refractivity contribution in [2.75, 3.05) is 25.1 Å². The molecule has 0 saturated carbocycles. The Balaban J connectivity index is 2.33. The summed E-state index contributed by atoms with van der Waals surface area (Å²) in [6, 6.07) is 0. The van der Waals surface area contributed by atoms with Gasteiger partial charge in [-0.1, -0.05) is 0 Å². The number of aliphatic carboxylic acids is 1. The van der Waals surface area contributed by atoms with Crippen molar-refractivity contribution in [1.29, 1.82) is 0 Å².